The molecular formula is C23H26FN3O3. The molecule has 2 aromatic carbocycles. The van der Waals surface area contributed by atoms with Gasteiger partial charge in [0.15, 0.2) is 0 Å². The van der Waals surface area contributed by atoms with Gasteiger partial charge >= 0.3 is 6.03 Å². The van der Waals surface area contributed by atoms with Crippen LogP contribution < -0.4 is 15.0 Å². The first-order chi connectivity index (χ1) is 14.5. The quantitative estimate of drug-likeness (QED) is 0.820. The van der Waals surface area contributed by atoms with Gasteiger partial charge in [0.2, 0.25) is 5.91 Å². The third kappa shape index (κ3) is 4.25. The number of nitrogens with one attached hydrogen (secondary N) is 1. The van der Waals surface area contributed by atoms with E-state index in [0.717, 1.165) is 17.9 Å². The first-order valence-electron chi connectivity index (χ1n) is 10.4. The molecule has 0 aliphatic carbocycles. The number of urea groups is 1. The van der Waals surface area contributed by atoms with E-state index in [4.69, 9.17) is 4.74 Å². The van der Waals surface area contributed by atoms with Crippen molar-refractivity contribution in [3.05, 3.63) is 54.3 Å². The van der Waals surface area contributed by atoms with Crippen molar-refractivity contribution in [2.75, 3.05) is 29.9 Å². The third-order valence-electron chi connectivity index (χ3n) is 5.75. The summed E-state index contributed by atoms with van der Waals surface area (Å²) >= 11 is 0. The van der Waals surface area contributed by atoms with Crippen molar-refractivity contribution in [3.8, 4) is 5.75 Å². The van der Waals surface area contributed by atoms with Crippen molar-refractivity contribution in [2.45, 2.75) is 32.3 Å². The third-order valence-corrected chi connectivity index (χ3v) is 5.75. The van der Waals surface area contributed by atoms with E-state index in [1.165, 1.54) is 12.1 Å². The monoisotopic (exact) mass is 411 g/mol. The number of piperidine rings is 1. The smallest absolute Gasteiger partial charge is 0.324 e. The molecule has 2 aliphatic rings. The van der Waals surface area contributed by atoms with E-state index in [1.807, 2.05) is 31.2 Å². The highest BCUT2D eigenvalue weighted by molar-refractivity contribution is 5.95. The molecule has 0 spiro atoms. The second-order valence-corrected chi connectivity index (χ2v) is 7.77. The van der Waals surface area contributed by atoms with Crippen molar-refractivity contribution >= 4 is 23.3 Å². The van der Waals surface area contributed by atoms with Crippen LogP contribution in [0.2, 0.25) is 0 Å². The summed E-state index contributed by atoms with van der Waals surface area (Å²) in [5.41, 5.74) is 1.24. The number of hydrogen-bond donors (Lipinski definition) is 1. The van der Waals surface area contributed by atoms with Gasteiger partial charge in [0, 0.05) is 24.7 Å². The van der Waals surface area contributed by atoms with Gasteiger partial charge in [0.25, 0.3) is 0 Å². The fourth-order valence-electron chi connectivity index (χ4n) is 4.01. The minimum Gasteiger partial charge on any atom is -0.486 e. The Morgan fingerprint density at radius 1 is 1.13 bits per heavy atom. The molecule has 1 N–H and O–H groups in total. The normalized spacial score (nSPS) is 19.1. The highest BCUT2D eigenvalue weighted by atomic mass is 19.1. The van der Waals surface area contributed by atoms with Crippen molar-refractivity contribution in [2.24, 2.45) is 5.92 Å². The molecule has 0 saturated carbocycles. The van der Waals surface area contributed by atoms with Gasteiger partial charge < -0.3 is 15.0 Å². The first kappa shape index (κ1) is 20.2. The van der Waals surface area contributed by atoms with Crippen LogP contribution in [0.1, 0.15) is 26.2 Å². The Bertz CT molecular complexity index is 927. The number of likely N-dealkylation sites (tertiary alicyclic amines) is 1. The number of halogens is 1. The lowest BCUT2D eigenvalue weighted by molar-refractivity contribution is -0.121. The Kier molecular flexibility index (Phi) is 5.88. The number of hydrogen-bond acceptors (Lipinski definition) is 3. The number of para-hydroxylation sites is 2. The van der Waals surface area contributed by atoms with Crippen LogP contribution in [-0.4, -0.2) is 42.6 Å². The molecule has 2 aliphatic heterocycles. The standard InChI is InChI=1S/C23H26FN3O3/c1-2-19-15-27(20-8-3-4-9-21(20)30-19)23(29)26-12-10-16(11-13-26)22(28)25-18-7-5-6-17(24)14-18/h3-9,14,16,19H,2,10-13,15H2,1H3,(H,25,28)/t19-/m0/s1. The number of fused-ring (bicyclic) bond motifs is 1. The zero-order valence-corrected chi connectivity index (χ0v) is 17.0. The van der Waals surface area contributed by atoms with Crippen LogP contribution >= 0.6 is 0 Å². The van der Waals surface area contributed by atoms with E-state index in [0.29, 0.717) is 38.2 Å². The van der Waals surface area contributed by atoms with Crippen LogP contribution in [0, 0.1) is 11.7 Å². The van der Waals surface area contributed by atoms with Crippen LogP contribution in [0.4, 0.5) is 20.6 Å². The molecule has 0 aromatic heterocycles. The number of nitrogens with zero attached hydrogens (tertiary/aromatic N) is 2. The Morgan fingerprint density at radius 2 is 1.90 bits per heavy atom. The van der Waals surface area contributed by atoms with Crippen molar-refractivity contribution in [1.82, 2.24) is 4.90 Å². The van der Waals surface area contributed by atoms with Crippen molar-refractivity contribution in [1.29, 1.82) is 0 Å². The van der Waals surface area contributed by atoms with E-state index in [2.05, 4.69) is 5.32 Å². The Morgan fingerprint density at radius 3 is 2.63 bits per heavy atom. The summed E-state index contributed by atoms with van der Waals surface area (Å²) in [5.74, 6) is 0.0193. The van der Waals surface area contributed by atoms with Gasteiger partial charge in [-0.1, -0.05) is 25.1 Å². The van der Waals surface area contributed by atoms with Crippen molar-refractivity contribution in [3.63, 3.8) is 0 Å². The van der Waals surface area contributed by atoms with Crippen LogP contribution in [0.25, 0.3) is 0 Å². The second kappa shape index (κ2) is 8.73. The molecule has 1 atom stereocenters. The fourth-order valence-corrected chi connectivity index (χ4v) is 4.01. The van der Waals surface area contributed by atoms with Crippen LogP contribution in [0.3, 0.4) is 0 Å². The predicted molar refractivity (Wildman–Crippen MR) is 113 cm³/mol. The second-order valence-electron chi connectivity index (χ2n) is 7.77. The molecule has 2 aromatic rings. The lowest BCUT2D eigenvalue weighted by atomic mass is 9.96. The molecule has 0 bridgehead atoms. The molecule has 4 rings (SSSR count). The molecule has 7 heteroatoms. The summed E-state index contributed by atoms with van der Waals surface area (Å²) in [5, 5.41) is 2.78. The number of anilines is 2. The fraction of sp³-hybridized carbons (Fsp3) is 0.391. The van der Waals surface area contributed by atoms with Gasteiger partial charge in [-0.05, 0) is 49.6 Å². The van der Waals surface area contributed by atoms with E-state index in [1.54, 1.807) is 21.9 Å². The average Bonchev–Trinajstić information content (AvgIpc) is 2.78. The van der Waals surface area contributed by atoms with Gasteiger partial charge in [-0.25, -0.2) is 9.18 Å². The van der Waals surface area contributed by atoms with Crippen molar-refractivity contribution < 1.29 is 18.7 Å². The predicted octanol–water partition coefficient (Wildman–Crippen LogP) is 4.27. The largest absolute Gasteiger partial charge is 0.486 e. The van der Waals surface area contributed by atoms with Gasteiger partial charge in [0.1, 0.15) is 17.7 Å². The zero-order valence-electron chi connectivity index (χ0n) is 17.0. The van der Waals surface area contributed by atoms with Gasteiger partial charge in [-0.15, -0.1) is 0 Å². The van der Waals surface area contributed by atoms with Gasteiger partial charge in [0.05, 0.1) is 12.2 Å². The summed E-state index contributed by atoms with van der Waals surface area (Å²) in [6.07, 6.45) is 1.95. The highest BCUT2D eigenvalue weighted by Crippen LogP contribution is 2.35. The minimum atomic E-state index is -0.385. The molecule has 30 heavy (non-hydrogen) atoms. The van der Waals surface area contributed by atoms with E-state index >= 15 is 0 Å². The van der Waals surface area contributed by atoms with E-state index in [9.17, 15) is 14.0 Å². The maximum atomic E-state index is 13.3. The summed E-state index contributed by atoms with van der Waals surface area (Å²) in [4.78, 5) is 29.4. The number of ether oxygens (including phenoxy) is 1. The molecule has 0 unspecified atom stereocenters. The van der Waals surface area contributed by atoms with Gasteiger partial charge in [-0.2, -0.15) is 0 Å². The molecule has 158 valence electrons. The summed E-state index contributed by atoms with van der Waals surface area (Å²) < 4.78 is 19.3. The molecule has 2 heterocycles. The maximum Gasteiger partial charge on any atom is 0.324 e. The summed E-state index contributed by atoms with van der Waals surface area (Å²) in [6, 6.07) is 13.4. The van der Waals surface area contributed by atoms with E-state index < -0.39 is 0 Å². The van der Waals surface area contributed by atoms with Crippen LogP contribution in [-0.2, 0) is 4.79 Å². The highest BCUT2D eigenvalue weighted by Gasteiger charge is 2.34. The average molecular weight is 411 g/mol. The van der Waals surface area contributed by atoms with Crippen LogP contribution in [0.5, 0.6) is 5.75 Å². The SMILES string of the molecule is CC[C@H]1CN(C(=O)N2CCC(C(=O)Nc3cccc(F)c3)CC2)c2ccccc2O1. The molecule has 1 saturated heterocycles. The number of rotatable bonds is 3. The Balaban J connectivity index is 1.38. The summed E-state index contributed by atoms with van der Waals surface area (Å²) in [7, 11) is 0. The summed E-state index contributed by atoms with van der Waals surface area (Å²) in [6.45, 7) is 3.59. The van der Waals surface area contributed by atoms with Crippen LogP contribution in [0.15, 0.2) is 48.5 Å². The van der Waals surface area contributed by atoms with Gasteiger partial charge in [-0.3, -0.25) is 9.69 Å². The first-order valence-corrected chi connectivity index (χ1v) is 10.4. The molecule has 0 radical (unpaired) electrons. The molecule has 3 amide bonds. The topological polar surface area (TPSA) is 61.9 Å². The lowest BCUT2D eigenvalue weighted by Crippen LogP contribution is -2.52. The lowest BCUT2D eigenvalue weighted by Gasteiger charge is -2.39. The molecular weight excluding hydrogens is 385 g/mol. The number of carbonyl (C=O) groups is 2. The van der Waals surface area contributed by atoms with E-state index in [-0.39, 0.29) is 29.8 Å². The minimum absolute atomic E-state index is 0.0292. The molecule has 6 nitrogen and oxygen atoms in total. The number of amides is 3. The Labute approximate surface area is 175 Å². The number of carbonyl (C=O) groups excluding carboxylic acids is 2. The molecule has 1 fully saturated rings. The zero-order chi connectivity index (χ0) is 21.1. The number of benzene rings is 2. The Hall–Kier alpha value is -3.09. The maximum absolute atomic E-state index is 13.3.